The fourth-order valence-corrected chi connectivity index (χ4v) is 3.72. The molecule has 204 valence electrons. The van der Waals surface area contributed by atoms with E-state index in [2.05, 4.69) is 29.8 Å². The zero-order valence-corrected chi connectivity index (χ0v) is 23.3. The van der Waals surface area contributed by atoms with Crippen molar-refractivity contribution in [3.63, 3.8) is 0 Å². The second-order valence-corrected chi connectivity index (χ2v) is 11.4. The minimum absolute atomic E-state index is 0.240. The van der Waals surface area contributed by atoms with Crippen LogP contribution in [0.4, 0.5) is 4.79 Å². The van der Waals surface area contributed by atoms with Gasteiger partial charge in [-0.25, -0.2) is 4.79 Å². The van der Waals surface area contributed by atoms with Crippen LogP contribution in [0, 0.1) is 11.8 Å². The Balaban J connectivity index is 2.89. The molecular formula is C28H47N3O5. The molecule has 8 heteroatoms. The average molecular weight is 506 g/mol. The Morgan fingerprint density at radius 3 is 2.00 bits per heavy atom. The number of aliphatic hydroxyl groups is 1. The summed E-state index contributed by atoms with van der Waals surface area (Å²) >= 11 is 0. The minimum atomic E-state index is -0.930. The normalized spacial score (nSPS) is 15.1. The van der Waals surface area contributed by atoms with Crippen LogP contribution in [0.25, 0.3) is 0 Å². The highest BCUT2D eigenvalue weighted by Gasteiger charge is 2.29. The molecule has 0 aromatic heterocycles. The van der Waals surface area contributed by atoms with Crippen molar-refractivity contribution in [3.05, 3.63) is 35.9 Å². The number of carbonyl (C=O) groups is 3. The number of nitrogens with one attached hydrogen (secondary N) is 3. The number of rotatable bonds is 13. The van der Waals surface area contributed by atoms with Crippen LogP contribution in [-0.2, 0) is 20.7 Å². The Hall–Kier alpha value is -2.61. The Kier molecular flexibility index (Phi) is 12.9. The first-order chi connectivity index (χ1) is 16.7. The third-order valence-corrected chi connectivity index (χ3v) is 5.60. The Labute approximate surface area is 217 Å². The van der Waals surface area contributed by atoms with E-state index < -0.39 is 41.8 Å². The van der Waals surface area contributed by atoms with E-state index in [1.54, 1.807) is 27.7 Å². The molecule has 0 saturated heterocycles. The molecule has 0 fully saturated rings. The van der Waals surface area contributed by atoms with Gasteiger partial charge in [0.15, 0.2) is 0 Å². The molecule has 0 unspecified atom stereocenters. The fourth-order valence-electron chi connectivity index (χ4n) is 3.72. The van der Waals surface area contributed by atoms with E-state index in [4.69, 9.17) is 4.74 Å². The molecule has 0 aliphatic carbocycles. The van der Waals surface area contributed by atoms with E-state index in [1.807, 2.05) is 44.2 Å². The van der Waals surface area contributed by atoms with Crippen LogP contribution >= 0.6 is 0 Å². The maximum atomic E-state index is 13.1. The van der Waals surface area contributed by atoms with Crippen molar-refractivity contribution in [2.75, 3.05) is 0 Å². The predicted molar refractivity (Wildman–Crippen MR) is 142 cm³/mol. The molecule has 4 atom stereocenters. The van der Waals surface area contributed by atoms with Crippen LogP contribution < -0.4 is 16.0 Å². The molecule has 0 saturated carbocycles. The van der Waals surface area contributed by atoms with Gasteiger partial charge in [-0.05, 0) is 64.4 Å². The molecule has 0 aliphatic rings. The first kappa shape index (κ1) is 31.4. The molecule has 1 aromatic rings. The highest BCUT2D eigenvalue weighted by atomic mass is 16.6. The molecule has 0 spiro atoms. The molecular weight excluding hydrogens is 458 g/mol. The van der Waals surface area contributed by atoms with Gasteiger partial charge in [-0.2, -0.15) is 0 Å². The van der Waals surface area contributed by atoms with E-state index in [0.29, 0.717) is 18.8 Å². The van der Waals surface area contributed by atoms with Gasteiger partial charge >= 0.3 is 6.09 Å². The van der Waals surface area contributed by atoms with E-state index >= 15 is 0 Å². The van der Waals surface area contributed by atoms with Gasteiger partial charge in [0.05, 0.1) is 12.1 Å². The summed E-state index contributed by atoms with van der Waals surface area (Å²) in [5.41, 5.74) is 0.142. The van der Waals surface area contributed by atoms with Gasteiger partial charge in [0.2, 0.25) is 11.8 Å². The van der Waals surface area contributed by atoms with Gasteiger partial charge < -0.3 is 25.8 Å². The van der Waals surface area contributed by atoms with Crippen molar-refractivity contribution in [2.45, 2.75) is 111 Å². The first-order valence-electron chi connectivity index (χ1n) is 13.0. The van der Waals surface area contributed by atoms with Crippen LogP contribution in [-0.4, -0.2) is 52.8 Å². The highest BCUT2D eigenvalue weighted by Crippen LogP contribution is 2.15. The summed E-state index contributed by atoms with van der Waals surface area (Å²) in [6, 6.07) is 7.11. The molecule has 0 bridgehead atoms. The van der Waals surface area contributed by atoms with Crippen LogP contribution in [0.1, 0.15) is 80.2 Å². The van der Waals surface area contributed by atoms with Crippen LogP contribution in [0.15, 0.2) is 30.3 Å². The van der Waals surface area contributed by atoms with Crippen molar-refractivity contribution < 1.29 is 24.2 Å². The molecule has 4 N–H and O–H groups in total. The van der Waals surface area contributed by atoms with Gasteiger partial charge in [-0.1, -0.05) is 58.0 Å². The monoisotopic (exact) mass is 505 g/mol. The summed E-state index contributed by atoms with van der Waals surface area (Å²) in [5, 5.41) is 19.0. The third kappa shape index (κ3) is 12.9. The minimum Gasteiger partial charge on any atom is -0.444 e. The fraction of sp³-hybridized carbons (Fsp3) is 0.679. The van der Waals surface area contributed by atoms with E-state index in [-0.39, 0.29) is 18.2 Å². The van der Waals surface area contributed by atoms with E-state index in [9.17, 15) is 19.5 Å². The zero-order valence-electron chi connectivity index (χ0n) is 23.3. The largest absolute Gasteiger partial charge is 0.444 e. The Bertz CT molecular complexity index is 820. The molecule has 3 amide bonds. The maximum absolute atomic E-state index is 13.1. The molecule has 0 aliphatic heterocycles. The maximum Gasteiger partial charge on any atom is 0.408 e. The molecule has 36 heavy (non-hydrogen) atoms. The standard InChI is InChI=1S/C28H47N3O5/c1-18(2)14-15-24(32)22(16-19(3)4)30-25(33)20(5)29-26(34)23(17-21-12-10-9-11-13-21)31-27(35)36-28(6,7)8/h9-13,18-20,22-24,32H,14-17H2,1-8H3,(H,29,34)(H,30,33)(H,31,35)/t20-,22-,23-,24-/m0/s1. The summed E-state index contributed by atoms with van der Waals surface area (Å²) in [7, 11) is 0. The summed E-state index contributed by atoms with van der Waals surface area (Å²) in [6.07, 6.45) is 0.944. The number of hydrogen-bond acceptors (Lipinski definition) is 5. The second kappa shape index (κ2) is 14.8. The lowest BCUT2D eigenvalue weighted by Gasteiger charge is -2.28. The molecule has 0 heterocycles. The summed E-state index contributed by atoms with van der Waals surface area (Å²) in [4.78, 5) is 38.5. The van der Waals surface area contributed by atoms with Crippen molar-refractivity contribution in [2.24, 2.45) is 11.8 Å². The molecule has 1 aromatic carbocycles. The lowest BCUT2D eigenvalue weighted by molar-refractivity contribution is -0.130. The van der Waals surface area contributed by atoms with Crippen molar-refractivity contribution in [3.8, 4) is 0 Å². The Morgan fingerprint density at radius 2 is 1.47 bits per heavy atom. The molecule has 0 radical (unpaired) electrons. The summed E-state index contributed by atoms with van der Waals surface area (Å²) < 4.78 is 5.33. The number of amides is 3. The van der Waals surface area contributed by atoms with Crippen molar-refractivity contribution in [1.82, 2.24) is 16.0 Å². The van der Waals surface area contributed by atoms with Gasteiger partial charge in [-0.15, -0.1) is 0 Å². The van der Waals surface area contributed by atoms with Crippen LogP contribution in [0.3, 0.4) is 0 Å². The lowest BCUT2D eigenvalue weighted by Crippen LogP contribution is -2.56. The number of ether oxygens (including phenoxy) is 1. The van der Waals surface area contributed by atoms with Crippen LogP contribution in [0.5, 0.6) is 0 Å². The number of aliphatic hydroxyl groups excluding tert-OH is 1. The Morgan fingerprint density at radius 1 is 0.861 bits per heavy atom. The van der Waals surface area contributed by atoms with E-state index in [0.717, 1.165) is 12.0 Å². The number of alkyl carbamates (subject to hydrolysis) is 1. The van der Waals surface area contributed by atoms with Crippen molar-refractivity contribution >= 4 is 17.9 Å². The first-order valence-corrected chi connectivity index (χ1v) is 13.0. The lowest BCUT2D eigenvalue weighted by atomic mass is 9.94. The number of hydrogen-bond donors (Lipinski definition) is 4. The van der Waals surface area contributed by atoms with Gasteiger partial charge in [0.1, 0.15) is 17.7 Å². The summed E-state index contributed by atoms with van der Waals surface area (Å²) in [6.45, 7) is 15.1. The quantitative estimate of drug-likeness (QED) is 0.324. The SMILES string of the molecule is CC(C)CC[C@H](O)[C@H](CC(C)C)NC(=O)[C@H](C)NC(=O)[C@H](Cc1ccccc1)NC(=O)OC(C)(C)C. The smallest absolute Gasteiger partial charge is 0.408 e. The predicted octanol–water partition coefficient (Wildman–Crippen LogP) is 3.96. The molecule has 1 rings (SSSR count). The number of carbonyl (C=O) groups excluding carboxylic acids is 3. The molecule has 8 nitrogen and oxygen atoms in total. The topological polar surface area (TPSA) is 117 Å². The van der Waals surface area contributed by atoms with Crippen LogP contribution in [0.2, 0.25) is 0 Å². The highest BCUT2D eigenvalue weighted by molar-refractivity contribution is 5.91. The average Bonchev–Trinajstić information content (AvgIpc) is 2.75. The van der Waals surface area contributed by atoms with Crippen molar-refractivity contribution in [1.29, 1.82) is 0 Å². The van der Waals surface area contributed by atoms with Gasteiger partial charge in [0.25, 0.3) is 0 Å². The third-order valence-electron chi connectivity index (χ3n) is 5.60. The number of benzene rings is 1. The zero-order chi connectivity index (χ0) is 27.5. The summed E-state index contributed by atoms with van der Waals surface area (Å²) in [5.74, 6) is -0.143. The second-order valence-electron chi connectivity index (χ2n) is 11.4. The van der Waals surface area contributed by atoms with Gasteiger partial charge in [0, 0.05) is 6.42 Å². The van der Waals surface area contributed by atoms with Gasteiger partial charge in [-0.3, -0.25) is 9.59 Å². The van der Waals surface area contributed by atoms with E-state index in [1.165, 1.54) is 0 Å².